The van der Waals surface area contributed by atoms with Crippen LogP contribution in [0.5, 0.6) is 0 Å². The minimum absolute atomic E-state index is 0.151. The van der Waals surface area contributed by atoms with Gasteiger partial charge in [-0.15, -0.1) is 0 Å². The van der Waals surface area contributed by atoms with Gasteiger partial charge in [-0.3, -0.25) is 4.79 Å². The van der Waals surface area contributed by atoms with Crippen LogP contribution in [0.2, 0.25) is 5.02 Å². The number of amides is 1. The minimum atomic E-state index is -0.151. The summed E-state index contributed by atoms with van der Waals surface area (Å²) < 4.78 is 2.12. The Kier molecular flexibility index (Phi) is 5.11. The van der Waals surface area contributed by atoms with Crippen molar-refractivity contribution < 1.29 is 4.79 Å². The predicted molar refractivity (Wildman–Crippen MR) is 118 cm³/mol. The van der Waals surface area contributed by atoms with Crippen molar-refractivity contribution in [3.05, 3.63) is 87.5 Å². The van der Waals surface area contributed by atoms with Crippen molar-refractivity contribution in [2.45, 2.75) is 13.8 Å². The van der Waals surface area contributed by atoms with Gasteiger partial charge in [-0.1, -0.05) is 35.9 Å². The van der Waals surface area contributed by atoms with Crippen molar-refractivity contribution in [3.8, 4) is 5.69 Å². The molecule has 0 unspecified atom stereocenters. The maximum Gasteiger partial charge on any atom is 0.264 e. The second kappa shape index (κ2) is 7.70. The predicted octanol–water partition coefficient (Wildman–Crippen LogP) is 5.64. The van der Waals surface area contributed by atoms with Crippen LogP contribution in [0.1, 0.15) is 17.0 Å². The maximum atomic E-state index is 12.5. The van der Waals surface area contributed by atoms with Gasteiger partial charge in [-0.05, 0) is 73.6 Å². The molecule has 0 aliphatic carbocycles. The molecule has 1 saturated heterocycles. The third-order valence-electron chi connectivity index (χ3n) is 4.51. The zero-order valence-corrected chi connectivity index (χ0v) is 17.0. The third kappa shape index (κ3) is 3.63. The van der Waals surface area contributed by atoms with Gasteiger partial charge in [-0.25, -0.2) is 4.99 Å². The molecule has 0 radical (unpaired) electrons. The van der Waals surface area contributed by atoms with Crippen LogP contribution in [-0.4, -0.2) is 15.6 Å². The van der Waals surface area contributed by atoms with E-state index >= 15 is 0 Å². The Hall–Kier alpha value is -2.76. The largest absolute Gasteiger partial charge is 0.314 e. The molecule has 1 N–H and O–H groups in total. The van der Waals surface area contributed by atoms with Gasteiger partial charge in [0, 0.05) is 22.1 Å². The summed E-state index contributed by atoms with van der Waals surface area (Å²) in [5.74, 6) is -0.151. The second-order valence-corrected chi connectivity index (χ2v) is 7.87. The number of rotatable bonds is 3. The number of hydrogen-bond acceptors (Lipinski definition) is 3. The quantitative estimate of drug-likeness (QED) is 0.571. The molecule has 2 aromatic carbocycles. The summed E-state index contributed by atoms with van der Waals surface area (Å²) in [6.45, 7) is 3.96. The molecule has 6 heteroatoms. The summed E-state index contributed by atoms with van der Waals surface area (Å²) in [6, 6.07) is 19.7. The molecule has 0 saturated carbocycles. The van der Waals surface area contributed by atoms with Gasteiger partial charge >= 0.3 is 0 Å². The summed E-state index contributed by atoms with van der Waals surface area (Å²) in [6.07, 6.45) is 1.90. The van der Waals surface area contributed by atoms with Crippen LogP contribution >= 0.6 is 23.4 Å². The normalized spacial score (nSPS) is 16.8. The van der Waals surface area contributed by atoms with Crippen LogP contribution in [0.3, 0.4) is 0 Å². The van der Waals surface area contributed by atoms with Crippen molar-refractivity contribution in [1.29, 1.82) is 0 Å². The van der Waals surface area contributed by atoms with Gasteiger partial charge in [0.15, 0.2) is 5.17 Å². The molecule has 1 aliphatic rings. The van der Waals surface area contributed by atoms with E-state index in [-0.39, 0.29) is 5.91 Å². The number of aromatic nitrogens is 1. The first-order valence-corrected chi connectivity index (χ1v) is 10.0. The highest BCUT2D eigenvalue weighted by molar-refractivity contribution is 8.18. The molecule has 2 heterocycles. The average Bonchev–Trinajstić information content (AvgIpc) is 3.22. The number of hydrogen-bond donors (Lipinski definition) is 1. The Morgan fingerprint density at radius 2 is 1.82 bits per heavy atom. The Morgan fingerprint density at radius 1 is 1.04 bits per heavy atom. The second-order valence-electron chi connectivity index (χ2n) is 6.44. The molecular weight excluding hydrogens is 390 g/mol. The van der Waals surface area contributed by atoms with Gasteiger partial charge in [-0.2, -0.15) is 0 Å². The number of benzene rings is 2. The van der Waals surface area contributed by atoms with Crippen LogP contribution in [0.15, 0.2) is 70.6 Å². The van der Waals surface area contributed by atoms with Crippen LogP contribution in [0.25, 0.3) is 11.8 Å². The zero-order valence-electron chi connectivity index (χ0n) is 15.4. The molecular formula is C22H18ClN3OS. The molecule has 0 spiro atoms. The number of nitrogens with one attached hydrogen (secondary N) is 1. The molecule has 0 atom stereocenters. The highest BCUT2D eigenvalue weighted by Crippen LogP contribution is 2.31. The molecule has 4 rings (SSSR count). The van der Waals surface area contributed by atoms with Crippen molar-refractivity contribution in [2.24, 2.45) is 4.99 Å². The number of carbonyl (C=O) groups is 1. The van der Waals surface area contributed by atoms with Crippen LogP contribution in [0.4, 0.5) is 5.69 Å². The lowest BCUT2D eigenvalue weighted by molar-refractivity contribution is -0.115. The van der Waals surface area contributed by atoms with Crippen molar-refractivity contribution in [2.75, 3.05) is 0 Å². The number of para-hydroxylation sites is 1. The number of aryl methyl sites for hydroxylation is 1. The SMILES string of the molecule is Cc1c(Cl)cccc1N=C1NC(=O)/C(=C/c2ccc(C)n2-c2ccccc2)S1. The first kappa shape index (κ1) is 18.6. The summed E-state index contributed by atoms with van der Waals surface area (Å²) in [5, 5.41) is 4.05. The molecule has 1 fully saturated rings. The molecule has 3 aromatic rings. The van der Waals surface area contributed by atoms with Crippen LogP contribution < -0.4 is 5.32 Å². The molecule has 1 aliphatic heterocycles. The van der Waals surface area contributed by atoms with Crippen LogP contribution in [0, 0.1) is 13.8 Å². The van der Waals surface area contributed by atoms with Gasteiger partial charge in [0.1, 0.15) is 0 Å². The molecule has 1 aromatic heterocycles. The van der Waals surface area contributed by atoms with Crippen molar-refractivity contribution >= 4 is 46.2 Å². The lowest BCUT2D eigenvalue weighted by atomic mass is 10.2. The van der Waals surface area contributed by atoms with E-state index < -0.39 is 0 Å². The fraction of sp³-hybridized carbons (Fsp3) is 0.0909. The lowest BCUT2D eigenvalue weighted by Crippen LogP contribution is -2.19. The van der Waals surface area contributed by atoms with E-state index in [1.54, 1.807) is 0 Å². The molecule has 4 nitrogen and oxygen atoms in total. The summed E-state index contributed by atoms with van der Waals surface area (Å²) in [7, 11) is 0. The van der Waals surface area contributed by atoms with Gasteiger partial charge in [0.05, 0.1) is 10.6 Å². The highest BCUT2D eigenvalue weighted by Gasteiger charge is 2.24. The maximum absolute atomic E-state index is 12.5. The van der Waals surface area contributed by atoms with E-state index in [1.165, 1.54) is 11.8 Å². The number of nitrogens with zero attached hydrogens (tertiary/aromatic N) is 2. The Balaban J connectivity index is 1.67. The van der Waals surface area contributed by atoms with E-state index in [4.69, 9.17) is 11.6 Å². The van der Waals surface area contributed by atoms with Gasteiger partial charge in [0.25, 0.3) is 5.91 Å². The summed E-state index contributed by atoms with van der Waals surface area (Å²) in [4.78, 5) is 17.6. The number of halogens is 1. The highest BCUT2D eigenvalue weighted by atomic mass is 35.5. The number of aliphatic imine (C=N–C) groups is 1. The standard InChI is InChI=1S/C22H18ClN3OS/c1-14-11-12-17(26(14)16-7-4-3-5-8-16)13-20-21(27)25-22(28-20)24-19-10-6-9-18(23)15(19)2/h3-13H,1-2H3,(H,24,25,27)/b20-13-. The van der Waals surface area contributed by atoms with E-state index in [9.17, 15) is 4.79 Å². The topological polar surface area (TPSA) is 46.4 Å². The Bertz CT molecular complexity index is 1120. The van der Waals surface area contributed by atoms with Gasteiger partial charge < -0.3 is 9.88 Å². The molecule has 1 amide bonds. The van der Waals surface area contributed by atoms with E-state index in [2.05, 4.69) is 14.9 Å². The summed E-state index contributed by atoms with van der Waals surface area (Å²) in [5.41, 5.74) is 4.74. The monoisotopic (exact) mass is 407 g/mol. The lowest BCUT2D eigenvalue weighted by Gasteiger charge is -2.09. The third-order valence-corrected chi connectivity index (χ3v) is 5.83. The Morgan fingerprint density at radius 3 is 2.61 bits per heavy atom. The van der Waals surface area contributed by atoms with Crippen LogP contribution in [-0.2, 0) is 4.79 Å². The minimum Gasteiger partial charge on any atom is -0.314 e. The summed E-state index contributed by atoms with van der Waals surface area (Å²) >= 11 is 7.49. The van der Waals surface area contributed by atoms with E-state index in [0.29, 0.717) is 15.1 Å². The fourth-order valence-corrected chi connectivity index (χ4v) is 4.03. The van der Waals surface area contributed by atoms with Gasteiger partial charge in [0.2, 0.25) is 0 Å². The number of thioether (sulfide) groups is 1. The molecule has 0 bridgehead atoms. The van der Waals surface area contributed by atoms with E-state index in [1.807, 2.05) is 80.6 Å². The number of amidine groups is 1. The van der Waals surface area contributed by atoms with Crippen molar-refractivity contribution in [3.63, 3.8) is 0 Å². The first-order chi connectivity index (χ1) is 13.5. The Labute approximate surface area is 172 Å². The van der Waals surface area contributed by atoms with Crippen molar-refractivity contribution in [1.82, 2.24) is 9.88 Å². The molecule has 28 heavy (non-hydrogen) atoms. The van der Waals surface area contributed by atoms with E-state index in [0.717, 1.165) is 28.3 Å². The molecule has 140 valence electrons. The smallest absolute Gasteiger partial charge is 0.264 e. The number of carbonyl (C=O) groups excluding carboxylic acids is 1. The fourth-order valence-electron chi connectivity index (χ4n) is 3.04. The average molecular weight is 408 g/mol. The zero-order chi connectivity index (χ0) is 19.7. The first-order valence-electron chi connectivity index (χ1n) is 8.81.